The van der Waals surface area contributed by atoms with Gasteiger partial charge in [-0.05, 0) is 31.0 Å². The lowest BCUT2D eigenvalue weighted by molar-refractivity contribution is -0.119. The zero-order valence-electron chi connectivity index (χ0n) is 10.2. The van der Waals surface area contributed by atoms with Crippen molar-refractivity contribution >= 4 is 11.8 Å². The molecule has 0 saturated heterocycles. The number of rotatable bonds is 5. The van der Waals surface area contributed by atoms with Gasteiger partial charge in [0.05, 0.1) is 0 Å². The summed E-state index contributed by atoms with van der Waals surface area (Å²) >= 11 is 0. The van der Waals surface area contributed by atoms with Gasteiger partial charge in [-0.15, -0.1) is 0 Å². The molecular formula is C13H18N2O2. The van der Waals surface area contributed by atoms with Gasteiger partial charge in [0.1, 0.15) is 6.04 Å². The molecule has 0 aliphatic heterocycles. The van der Waals surface area contributed by atoms with Crippen molar-refractivity contribution < 1.29 is 9.59 Å². The molecule has 0 aromatic heterocycles. The van der Waals surface area contributed by atoms with E-state index in [1.165, 1.54) is 5.56 Å². The van der Waals surface area contributed by atoms with Gasteiger partial charge in [-0.2, -0.15) is 0 Å². The summed E-state index contributed by atoms with van der Waals surface area (Å²) in [7, 11) is 0. The van der Waals surface area contributed by atoms with Crippen LogP contribution in [0.25, 0.3) is 0 Å². The third-order valence-corrected chi connectivity index (χ3v) is 2.53. The molecule has 0 heterocycles. The number of hydrogen-bond donors (Lipinski definition) is 2. The van der Waals surface area contributed by atoms with Crippen LogP contribution in [0.3, 0.4) is 0 Å². The van der Waals surface area contributed by atoms with E-state index in [2.05, 4.69) is 12.2 Å². The van der Waals surface area contributed by atoms with E-state index in [9.17, 15) is 9.59 Å². The molecule has 1 atom stereocenters. The largest absolute Gasteiger partial charge is 0.368 e. The highest BCUT2D eigenvalue weighted by molar-refractivity contribution is 5.97. The average Bonchev–Trinajstić information content (AvgIpc) is 2.30. The Hall–Kier alpha value is -1.84. The SMILES string of the molecule is CCCc1ccc(C(=O)N[C@@H](C)C(N)=O)cc1. The lowest BCUT2D eigenvalue weighted by Crippen LogP contribution is -2.42. The van der Waals surface area contributed by atoms with Crippen molar-refractivity contribution in [1.29, 1.82) is 0 Å². The number of nitrogens with one attached hydrogen (secondary N) is 1. The van der Waals surface area contributed by atoms with E-state index in [-0.39, 0.29) is 5.91 Å². The summed E-state index contributed by atoms with van der Waals surface area (Å²) in [6.45, 7) is 3.67. The molecule has 1 aromatic carbocycles. The summed E-state index contributed by atoms with van der Waals surface area (Å²) in [6, 6.07) is 6.71. The van der Waals surface area contributed by atoms with Crippen molar-refractivity contribution in [1.82, 2.24) is 5.32 Å². The van der Waals surface area contributed by atoms with Crippen molar-refractivity contribution in [2.24, 2.45) is 5.73 Å². The predicted molar refractivity (Wildman–Crippen MR) is 66.6 cm³/mol. The smallest absolute Gasteiger partial charge is 0.251 e. The first kappa shape index (κ1) is 13.2. The van der Waals surface area contributed by atoms with E-state index >= 15 is 0 Å². The first-order valence-corrected chi connectivity index (χ1v) is 5.73. The topological polar surface area (TPSA) is 72.2 Å². The quantitative estimate of drug-likeness (QED) is 0.804. The van der Waals surface area contributed by atoms with Crippen LogP contribution in [0, 0.1) is 0 Å². The Morgan fingerprint density at radius 3 is 2.35 bits per heavy atom. The van der Waals surface area contributed by atoms with Gasteiger partial charge in [-0.25, -0.2) is 0 Å². The van der Waals surface area contributed by atoms with Crippen molar-refractivity contribution in [3.05, 3.63) is 35.4 Å². The van der Waals surface area contributed by atoms with Gasteiger partial charge in [0, 0.05) is 5.56 Å². The van der Waals surface area contributed by atoms with E-state index in [0.29, 0.717) is 5.56 Å². The standard InChI is InChI=1S/C13H18N2O2/c1-3-4-10-5-7-11(8-6-10)13(17)15-9(2)12(14)16/h5-9H,3-4H2,1-2H3,(H2,14,16)(H,15,17)/t9-/m0/s1. The minimum Gasteiger partial charge on any atom is -0.368 e. The molecule has 92 valence electrons. The van der Waals surface area contributed by atoms with Gasteiger partial charge < -0.3 is 11.1 Å². The number of amides is 2. The number of nitrogens with two attached hydrogens (primary N) is 1. The van der Waals surface area contributed by atoms with Crippen LogP contribution in [0.1, 0.15) is 36.2 Å². The third kappa shape index (κ3) is 3.90. The van der Waals surface area contributed by atoms with Crippen LogP contribution in [-0.4, -0.2) is 17.9 Å². The second kappa shape index (κ2) is 6.03. The fourth-order valence-corrected chi connectivity index (χ4v) is 1.46. The monoisotopic (exact) mass is 234 g/mol. The maximum atomic E-state index is 11.7. The van der Waals surface area contributed by atoms with E-state index in [1.54, 1.807) is 19.1 Å². The molecule has 0 saturated carbocycles. The van der Waals surface area contributed by atoms with Gasteiger partial charge in [-0.1, -0.05) is 25.5 Å². The molecule has 3 N–H and O–H groups in total. The molecular weight excluding hydrogens is 216 g/mol. The molecule has 17 heavy (non-hydrogen) atoms. The molecule has 0 bridgehead atoms. The second-order valence-electron chi connectivity index (χ2n) is 4.04. The first-order chi connectivity index (χ1) is 8.04. The highest BCUT2D eigenvalue weighted by Crippen LogP contribution is 2.06. The fraction of sp³-hybridized carbons (Fsp3) is 0.385. The lowest BCUT2D eigenvalue weighted by Gasteiger charge is -2.10. The highest BCUT2D eigenvalue weighted by Gasteiger charge is 2.13. The normalized spacial score (nSPS) is 11.9. The van der Waals surface area contributed by atoms with E-state index in [4.69, 9.17) is 5.73 Å². The molecule has 0 spiro atoms. The maximum Gasteiger partial charge on any atom is 0.251 e. The summed E-state index contributed by atoms with van der Waals surface area (Å²) in [5.74, 6) is -0.819. The Morgan fingerprint density at radius 1 is 1.29 bits per heavy atom. The summed E-state index contributed by atoms with van der Waals surface area (Å²) in [4.78, 5) is 22.5. The second-order valence-corrected chi connectivity index (χ2v) is 4.04. The van der Waals surface area contributed by atoms with Gasteiger partial charge in [0.15, 0.2) is 0 Å². The molecule has 0 aliphatic carbocycles. The van der Waals surface area contributed by atoms with Gasteiger partial charge in [-0.3, -0.25) is 9.59 Å². The van der Waals surface area contributed by atoms with Crippen molar-refractivity contribution in [3.63, 3.8) is 0 Å². The number of primary amides is 1. The van der Waals surface area contributed by atoms with Gasteiger partial charge >= 0.3 is 0 Å². The first-order valence-electron chi connectivity index (χ1n) is 5.73. The molecule has 4 nitrogen and oxygen atoms in total. The van der Waals surface area contributed by atoms with Crippen molar-refractivity contribution in [2.45, 2.75) is 32.7 Å². The molecule has 0 radical (unpaired) electrons. The number of hydrogen-bond acceptors (Lipinski definition) is 2. The minimum absolute atomic E-state index is 0.278. The van der Waals surface area contributed by atoms with E-state index in [0.717, 1.165) is 12.8 Å². The van der Waals surface area contributed by atoms with Gasteiger partial charge in [0.2, 0.25) is 5.91 Å². The summed E-state index contributed by atoms with van der Waals surface area (Å²) < 4.78 is 0. The Morgan fingerprint density at radius 2 is 1.88 bits per heavy atom. The van der Waals surface area contributed by atoms with Crippen LogP contribution in [-0.2, 0) is 11.2 Å². The molecule has 1 rings (SSSR count). The predicted octanol–water partition coefficient (Wildman–Crippen LogP) is 1.24. The Kier molecular flexibility index (Phi) is 4.69. The van der Waals surface area contributed by atoms with E-state index < -0.39 is 11.9 Å². The van der Waals surface area contributed by atoms with Crippen molar-refractivity contribution in [3.8, 4) is 0 Å². The summed E-state index contributed by atoms with van der Waals surface area (Å²) in [5, 5.41) is 2.53. The highest BCUT2D eigenvalue weighted by atomic mass is 16.2. The maximum absolute atomic E-state index is 11.7. The van der Waals surface area contributed by atoms with E-state index in [1.807, 2.05) is 12.1 Å². The van der Waals surface area contributed by atoms with Crippen molar-refractivity contribution in [2.75, 3.05) is 0 Å². The third-order valence-electron chi connectivity index (χ3n) is 2.53. The summed E-state index contributed by atoms with van der Waals surface area (Å²) in [6.07, 6.45) is 2.07. The zero-order chi connectivity index (χ0) is 12.8. The minimum atomic E-state index is -0.655. The number of aryl methyl sites for hydroxylation is 1. The molecule has 2 amide bonds. The molecule has 0 fully saturated rings. The summed E-state index contributed by atoms with van der Waals surface area (Å²) in [5.41, 5.74) is 6.81. The van der Waals surface area contributed by atoms with Crippen LogP contribution in [0.15, 0.2) is 24.3 Å². The molecule has 4 heteroatoms. The van der Waals surface area contributed by atoms with Crippen LogP contribution < -0.4 is 11.1 Å². The molecule has 1 aromatic rings. The fourth-order valence-electron chi connectivity index (χ4n) is 1.46. The zero-order valence-corrected chi connectivity index (χ0v) is 10.2. The number of carbonyl (C=O) groups is 2. The van der Waals surface area contributed by atoms with Crippen LogP contribution in [0.5, 0.6) is 0 Å². The molecule has 0 aliphatic rings. The molecule has 0 unspecified atom stereocenters. The van der Waals surface area contributed by atoms with Crippen LogP contribution in [0.2, 0.25) is 0 Å². The Labute approximate surface area is 101 Å². The number of benzene rings is 1. The van der Waals surface area contributed by atoms with Gasteiger partial charge in [0.25, 0.3) is 5.91 Å². The Balaban J connectivity index is 2.66. The van der Waals surface area contributed by atoms with Crippen LogP contribution in [0.4, 0.5) is 0 Å². The Bertz CT molecular complexity index is 398. The average molecular weight is 234 g/mol. The lowest BCUT2D eigenvalue weighted by atomic mass is 10.1. The number of carbonyl (C=O) groups excluding carboxylic acids is 2. The van der Waals surface area contributed by atoms with Crippen LogP contribution >= 0.6 is 0 Å².